The fourth-order valence-electron chi connectivity index (χ4n) is 4.08. The lowest BCUT2D eigenvalue weighted by Gasteiger charge is -2.33. The molecule has 1 aliphatic heterocycles. The van der Waals surface area contributed by atoms with Crippen molar-refractivity contribution in [2.75, 3.05) is 12.9 Å². The smallest absolute Gasteiger partial charge is 0.328 e. The normalized spacial score (nSPS) is 25.5. The van der Waals surface area contributed by atoms with E-state index in [4.69, 9.17) is 16.3 Å². The summed E-state index contributed by atoms with van der Waals surface area (Å²) in [5, 5.41) is 0.714. The van der Waals surface area contributed by atoms with Crippen LogP contribution in [0, 0.1) is 5.92 Å². The molecule has 3 unspecified atom stereocenters. The maximum atomic E-state index is 12.9. The summed E-state index contributed by atoms with van der Waals surface area (Å²) in [7, 11) is 1.41. The van der Waals surface area contributed by atoms with E-state index in [0.29, 0.717) is 16.7 Å². The Morgan fingerprint density at radius 2 is 1.96 bits per heavy atom. The quantitative estimate of drug-likeness (QED) is 0.725. The monoisotopic (exact) mass is 381 g/mol. The number of amides is 1. The highest BCUT2D eigenvalue weighted by Crippen LogP contribution is 2.40. The van der Waals surface area contributed by atoms with Gasteiger partial charge in [0.15, 0.2) is 0 Å². The van der Waals surface area contributed by atoms with Crippen molar-refractivity contribution in [1.82, 2.24) is 4.90 Å². The topological polar surface area (TPSA) is 46.6 Å². The van der Waals surface area contributed by atoms with E-state index >= 15 is 0 Å². The molecule has 136 valence electrons. The third-order valence-corrected chi connectivity index (χ3v) is 6.50. The molecule has 25 heavy (non-hydrogen) atoms. The highest BCUT2D eigenvalue weighted by atomic mass is 35.5. The Bertz CT molecular complexity index is 622. The Balaban J connectivity index is 1.61. The molecular formula is C19H24ClNO3S. The van der Waals surface area contributed by atoms with Crippen LogP contribution >= 0.6 is 23.4 Å². The summed E-state index contributed by atoms with van der Waals surface area (Å²) in [5.74, 6) is 1.38. The van der Waals surface area contributed by atoms with Crippen LogP contribution in [0.15, 0.2) is 24.3 Å². The lowest BCUT2D eigenvalue weighted by atomic mass is 9.85. The van der Waals surface area contributed by atoms with Gasteiger partial charge in [0, 0.05) is 16.8 Å². The summed E-state index contributed by atoms with van der Waals surface area (Å²) in [6.07, 6.45) is 5.20. The maximum Gasteiger partial charge on any atom is 0.328 e. The van der Waals surface area contributed by atoms with Crippen LogP contribution in [0.1, 0.15) is 37.7 Å². The van der Waals surface area contributed by atoms with Crippen molar-refractivity contribution in [2.24, 2.45) is 5.92 Å². The minimum atomic E-state index is -0.401. The van der Waals surface area contributed by atoms with E-state index in [-0.39, 0.29) is 17.9 Å². The van der Waals surface area contributed by atoms with E-state index in [0.717, 1.165) is 37.0 Å². The Labute approximate surface area is 158 Å². The van der Waals surface area contributed by atoms with Crippen molar-refractivity contribution in [3.05, 3.63) is 34.9 Å². The summed E-state index contributed by atoms with van der Waals surface area (Å²) in [6, 6.07) is 7.48. The molecule has 3 atom stereocenters. The lowest BCUT2D eigenvalue weighted by Crippen LogP contribution is -2.47. The summed E-state index contributed by atoms with van der Waals surface area (Å²) in [6.45, 7) is 0. The number of likely N-dealkylation sites (tertiary alicyclic amines) is 1. The Morgan fingerprint density at radius 1 is 1.24 bits per heavy atom. The van der Waals surface area contributed by atoms with Crippen LogP contribution in [0.25, 0.3) is 0 Å². The molecule has 0 spiro atoms. The second-order valence-electron chi connectivity index (χ2n) is 6.81. The minimum absolute atomic E-state index is 0.0590. The fraction of sp³-hybridized carbons (Fsp3) is 0.579. The van der Waals surface area contributed by atoms with Crippen molar-refractivity contribution < 1.29 is 14.3 Å². The molecule has 1 aliphatic carbocycles. The van der Waals surface area contributed by atoms with Crippen molar-refractivity contribution >= 4 is 35.2 Å². The first-order chi connectivity index (χ1) is 12.1. The number of fused-ring (bicyclic) bond motifs is 1. The number of halogens is 1. The molecule has 3 rings (SSSR count). The zero-order valence-corrected chi connectivity index (χ0v) is 16.0. The van der Waals surface area contributed by atoms with Gasteiger partial charge in [-0.15, -0.1) is 11.8 Å². The first-order valence-corrected chi connectivity index (χ1v) is 10.3. The molecule has 1 heterocycles. The van der Waals surface area contributed by atoms with Gasteiger partial charge in [0.2, 0.25) is 5.91 Å². The highest BCUT2D eigenvalue weighted by molar-refractivity contribution is 7.99. The van der Waals surface area contributed by atoms with Gasteiger partial charge < -0.3 is 9.64 Å². The van der Waals surface area contributed by atoms with Crippen LogP contribution in [0.4, 0.5) is 0 Å². The molecular weight excluding hydrogens is 358 g/mol. The van der Waals surface area contributed by atoms with E-state index < -0.39 is 6.04 Å². The number of benzene rings is 1. The molecule has 2 aliphatic rings. The number of nitrogens with zero attached hydrogens (tertiary/aromatic N) is 1. The lowest BCUT2D eigenvalue weighted by molar-refractivity contribution is -0.151. The molecule has 6 heteroatoms. The number of methoxy groups -OCH3 is 1. The SMILES string of the molecule is COC(=O)C1CC2CCCCC2N1C(=O)CSCc1ccc(Cl)cc1. The Morgan fingerprint density at radius 3 is 2.68 bits per heavy atom. The standard InChI is InChI=1S/C19H24ClNO3S/c1-24-19(23)17-10-14-4-2-3-5-16(14)21(17)18(22)12-25-11-13-6-8-15(20)9-7-13/h6-9,14,16-17H,2-5,10-12H2,1H3. The Kier molecular flexibility index (Phi) is 6.29. The van der Waals surface area contributed by atoms with E-state index in [1.807, 2.05) is 29.2 Å². The van der Waals surface area contributed by atoms with Crippen LogP contribution in [-0.2, 0) is 20.1 Å². The number of esters is 1. The maximum absolute atomic E-state index is 12.9. The molecule has 0 N–H and O–H groups in total. The van der Waals surface area contributed by atoms with Gasteiger partial charge in [0.1, 0.15) is 6.04 Å². The molecule has 0 bridgehead atoms. The number of hydrogen-bond donors (Lipinski definition) is 0. The largest absolute Gasteiger partial charge is 0.467 e. The van der Waals surface area contributed by atoms with Gasteiger partial charge in [-0.05, 0) is 42.9 Å². The van der Waals surface area contributed by atoms with Gasteiger partial charge in [-0.3, -0.25) is 4.79 Å². The van der Waals surface area contributed by atoms with Crippen LogP contribution in [0.5, 0.6) is 0 Å². The van der Waals surface area contributed by atoms with Gasteiger partial charge in [-0.1, -0.05) is 36.6 Å². The van der Waals surface area contributed by atoms with Crippen LogP contribution < -0.4 is 0 Å². The minimum Gasteiger partial charge on any atom is -0.467 e. The van der Waals surface area contributed by atoms with Crippen molar-refractivity contribution in [3.8, 4) is 0 Å². The van der Waals surface area contributed by atoms with Crippen molar-refractivity contribution in [2.45, 2.75) is 49.9 Å². The summed E-state index contributed by atoms with van der Waals surface area (Å²) >= 11 is 7.48. The second kappa shape index (κ2) is 8.45. The number of carbonyl (C=O) groups is 2. The fourth-order valence-corrected chi connectivity index (χ4v) is 5.06. The van der Waals surface area contributed by atoms with Gasteiger partial charge >= 0.3 is 5.97 Å². The molecule has 4 nitrogen and oxygen atoms in total. The average Bonchev–Trinajstić information content (AvgIpc) is 3.02. The summed E-state index contributed by atoms with van der Waals surface area (Å²) in [5.41, 5.74) is 1.14. The zero-order chi connectivity index (χ0) is 17.8. The number of hydrogen-bond acceptors (Lipinski definition) is 4. The second-order valence-corrected chi connectivity index (χ2v) is 8.23. The molecule has 1 aromatic carbocycles. The molecule has 2 fully saturated rings. The predicted octanol–water partition coefficient (Wildman–Crippen LogP) is 3.91. The van der Waals surface area contributed by atoms with Gasteiger partial charge in [-0.25, -0.2) is 4.79 Å². The van der Waals surface area contributed by atoms with E-state index in [1.165, 1.54) is 13.5 Å². The van der Waals surface area contributed by atoms with Gasteiger partial charge in [0.25, 0.3) is 0 Å². The zero-order valence-electron chi connectivity index (χ0n) is 14.4. The molecule has 1 saturated heterocycles. The van der Waals surface area contributed by atoms with Crippen LogP contribution in [0.3, 0.4) is 0 Å². The highest BCUT2D eigenvalue weighted by Gasteiger charge is 2.47. The third kappa shape index (κ3) is 4.32. The predicted molar refractivity (Wildman–Crippen MR) is 101 cm³/mol. The van der Waals surface area contributed by atoms with E-state index in [1.54, 1.807) is 11.8 Å². The number of ether oxygens (including phenoxy) is 1. The molecule has 0 radical (unpaired) electrons. The number of carbonyl (C=O) groups excluding carboxylic acids is 2. The van der Waals surface area contributed by atoms with Crippen molar-refractivity contribution in [3.63, 3.8) is 0 Å². The number of rotatable bonds is 5. The first kappa shape index (κ1) is 18.6. The number of thioether (sulfide) groups is 1. The van der Waals surface area contributed by atoms with Gasteiger partial charge in [-0.2, -0.15) is 0 Å². The molecule has 1 amide bonds. The van der Waals surface area contributed by atoms with Crippen LogP contribution in [-0.4, -0.2) is 41.7 Å². The summed E-state index contributed by atoms with van der Waals surface area (Å²) < 4.78 is 4.95. The van der Waals surface area contributed by atoms with E-state index in [2.05, 4.69) is 0 Å². The molecule has 1 aromatic rings. The molecule has 0 aromatic heterocycles. The first-order valence-electron chi connectivity index (χ1n) is 8.81. The van der Waals surface area contributed by atoms with Crippen molar-refractivity contribution in [1.29, 1.82) is 0 Å². The third-order valence-electron chi connectivity index (χ3n) is 5.26. The summed E-state index contributed by atoms with van der Waals surface area (Å²) in [4.78, 5) is 26.9. The van der Waals surface area contributed by atoms with E-state index in [9.17, 15) is 9.59 Å². The van der Waals surface area contributed by atoms with Gasteiger partial charge in [0.05, 0.1) is 12.9 Å². The molecule has 1 saturated carbocycles. The van der Waals surface area contributed by atoms with Crippen LogP contribution in [0.2, 0.25) is 5.02 Å². The average molecular weight is 382 g/mol. The Hall–Kier alpha value is -1.20.